The first-order valence-electron chi connectivity index (χ1n) is 11.1. The first-order chi connectivity index (χ1) is 14.8. The van der Waals surface area contributed by atoms with E-state index >= 15 is 0 Å². The van der Waals surface area contributed by atoms with Gasteiger partial charge in [0.2, 0.25) is 11.8 Å². The number of imide groups is 1. The van der Waals surface area contributed by atoms with E-state index in [0.717, 1.165) is 28.7 Å². The number of aromatic hydroxyl groups is 1. The van der Waals surface area contributed by atoms with E-state index in [1.165, 1.54) is 11.9 Å². The number of rotatable bonds is 8. The third kappa shape index (κ3) is 4.60. The molecule has 0 bridgehead atoms. The Morgan fingerprint density at radius 1 is 1.26 bits per heavy atom. The zero-order valence-electron chi connectivity index (χ0n) is 18.5. The first-order valence-corrected chi connectivity index (χ1v) is 11.1. The van der Waals surface area contributed by atoms with Gasteiger partial charge in [0.1, 0.15) is 5.75 Å². The van der Waals surface area contributed by atoms with Crippen LogP contribution in [0.3, 0.4) is 0 Å². The van der Waals surface area contributed by atoms with Crippen molar-refractivity contribution < 1.29 is 24.9 Å². The number of amides is 2. The van der Waals surface area contributed by atoms with Crippen molar-refractivity contribution >= 4 is 17.9 Å². The molecule has 3 N–H and O–H groups in total. The van der Waals surface area contributed by atoms with Crippen LogP contribution in [0.15, 0.2) is 41.0 Å². The molecule has 1 fully saturated rings. The predicted molar refractivity (Wildman–Crippen MR) is 119 cm³/mol. The SMILES string of the molecule is CCC1=C([C@H](O)CC/C(=C/c2cccc(O)c2)CC)[C@H](CO)[C@@H]2C(=O)N(C)C(=O)[C@@H]2C1. The lowest BCUT2D eigenvalue weighted by Crippen LogP contribution is -2.39. The van der Waals surface area contributed by atoms with Gasteiger partial charge >= 0.3 is 0 Å². The zero-order valence-corrected chi connectivity index (χ0v) is 18.5. The van der Waals surface area contributed by atoms with Crippen LogP contribution in [0.5, 0.6) is 5.75 Å². The van der Waals surface area contributed by atoms with Gasteiger partial charge in [-0.15, -0.1) is 0 Å². The average Bonchev–Trinajstić information content (AvgIpc) is 2.98. The number of aliphatic hydroxyl groups excluding tert-OH is 2. The molecule has 0 spiro atoms. The topological polar surface area (TPSA) is 98.1 Å². The zero-order chi connectivity index (χ0) is 22.7. The number of aliphatic hydroxyl groups is 2. The van der Waals surface area contributed by atoms with Gasteiger partial charge in [-0.3, -0.25) is 14.5 Å². The molecule has 1 aromatic carbocycles. The molecule has 2 amide bonds. The molecule has 3 rings (SSSR count). The van der Waals surface area contributed by atoms with Crippen LogP contribution < -0.4 is 0 Å². The van der Waals surface area contributed by atoms with Crippen molar-refractivity contribution in [1.29, 1.82) is 0 Å². The number of nitrogens with zero attached hydrogens (tertiary/aromatic N) is 1. The average molecular weight is 428 g/mol. The molecule has 0 radical (unpaired) electrons. The molecule has 2 aliphatic rings. The Balaban J connectivity index is 1.81. The third-order valence-electron chi connectivity index (χ3n) is 6.82. The lowest BCUT2D eigenvalue weighted by atomic mass is 9.67. The fourth-order valence-corrected chi connectivity index (χ4v) is 5.13. The fourth-order valence-electron chi connectivity index (χ4n) is 5.13. The van der Waals surface area contributed by atoms with Gasteiger partial charge in [0, 0.05) is 13.0 Å². The molecular formula is C25H33NO5. The summed E-state index contributed by atoms with van der Waals surface area (Å²) in [5, 5.41) is 30.9. The minimum absolute atomic E-state index is 0.185. The summed E-state index contributed by atoms with van der Waals surface area (Å²) in [6.07, 6.45) is 4.34. The highest BCUT2D eigenvalue weighted by Gasteiger charge is 2.53. The second kappa shape index (κ2) is 9.79. The highest BCUT2D eigenvalue weighted by atomic mass is 16.3. The molecule has 1 saturated heterocycles. The van der Waals surface area contributed by atoms with Gasteiger partial charge in [-0.1, -0.05) is 43.2 Å². The summed E-state index contributed by atoms with van der Waals surface area (Å²) in [5.74, 6) is -1.77. The summed E-state index contributed by atoms with van der Waals surface area (Å²) in [6, 6.07) is 7.05. The smallest absolute Gasteiger partial charge is 0.233 e. The lowest BCUT2D eigenvalue weighted by Gasteiger charge is -2.36. The van der Waals surface area contributed by atoms with Crippen LogP contribution in [-0.4, -0.2) is 51.8 Å². The van der Waals surface area contributed by atoms with E-state index in [2.05, 4.69) is 6.92 Å². The Bertz CT molecular complexity index is 903. The number of benzene rings is 1. The maximum Gasteiger partial charge on any atom is 0.233 e. The molecule has 1 aromatic rings. The molecule has 1 heterocycles. The molecule has 6 nitrogen and oxygen atoms in total. The maximum absolute atomic E-state index is 12.7. The van der Waals surface area contributed by atoms with Crippen molar-refractivity contribution in [2.45, 2.75) is 52.1 Å². The summed E-state index contributed by atoms with van der Waals surface area (Å²) in [4.78, 5) is 26.4. The number of hydrogen-bond acceptors (Lipinski definition) is 5. The van der Waals surface area contributed by atoms with Crippen molar-refractivity contribution in [2.24, 2.45) is 17.8 Å². The molecule has 0 aromatic heterocycles. The molecule has 4 atom stereocenters. The van der Waals surface area contributed by atoms with E-state index in [1.807, 2.05) is 19.1 Å². The van der Waals surface area contributed by atoms with Crippen molar-refractivity contribution in [3.05, 3.63) is 46.5 Å². The Labute approximate surface area is 183 Å². The van der Waals surface area contributed by atoms with Crippen LogP contribution in [0, 0.1) is 17.8 Å². The number of likely N-dealkylation sites (tertiary alicyclic amines) is 1. The van der Waals surface area contributed by atoms with E-state index in [9.17, 15) is 24.9 Å². The van der Waals surface area contributed by atoms with Crippen LogP contribution in [0.25, 0.3) is 6.08 Å². The molecule has 31 heavy (non-hydrogen) atoms. The summed E-state index contributed by atoms with van der Waals surface area (Å²) < 4.78 is 0. The van der Waals surface area contributed by atoms with Gasteiger partial charge in [-0.2, -0.15) is 0 Å². The van der Waals surface area contributed by atoms with E-state index < -0.39 is 23.9 Å². The molecular weight excluding hydrogens is 394 g/mol. The van der Waals surface area contributed by atoms with Gasteiger partial charge in [-0.25, -0.2) is 0 Å². The maximum atomic E-state index is 12.7. The molecule has 1 aliphatic heterocycles. The van der Waals surface area contributed by atoms with Crippen LogP contribution in [-0.2, 0) is 9.59 Å². The summed E-state index contributed by atoms with van der Waals surface area (Å²) >= 11 is 0. The van der Waals surface area contributed by atoms with E-state index in [-0.39, 0.29) is 24.2 Å². The largest absolute Gasteiger partial charge is 0.508 e. The minimum atomic E-state index is -0.777. The summed E-state index contributed by atoms with van der Waals surface area (Å²) in [7, 11) is 1.50. The Morgan fingerprint density at radius 2 is 2.00 bits per heavy atom. The quantitative estimate of drug-likeness (QED) is 0.437. The number of phenols is 1. The monoisotopic (exact) mass is 427 g/mol. The van der Waals surface area contributed by atoms with Crippen LogP contribution >= 0.6 is 0 Å². The van der Waals surface area contributed by atoms with Crippen molar-refractivity contribution in [3.63, 3.8) is 0 Å². The van der Waals surface area contributed by atoms with Crippen LogP contribution in [0.4, 0.5) is 0 Å². The number of carbonyl (C=O) groups excluding carboxylic acids is 2. The summed E-state index contributed by atoms with van der Waals surface area (Å²) in [6.45, 7) is 3.78. The predicted octanol–water partition coefficient (Wildman–Crippen LogP) is 3.28. The number of fused-ring (bicyclic) bond motifs is 1. The summed E-state index contributed by atoms with van der Waals surface area (Å²) in [5.41, 5.74) is 3.78. The number of hydrogen-bond donors (Lipinski definition) is 3. The van der Waals surface area contributed by atoms with E-state index in [4.69, 9.17) is 0 Å². The Hall–Kier alpha value is -2.44. The number of phenolic OH excluding ortho intramolecular Hbond substituents is 1. The number of carbonyl (C=O) groups is 2. The number of allylic oxidation sites excluding steroid dienone is 2. The Morgan fingerprint density at radius 3 is 2.61 bits per heavy atom. The second-order valence-corrected chi connectivity index (χ2v) is 8.58. The normalized spacial score (nSPS) is 25.3. The van der Waals surface area contributed by atoms with Crippen LogP contribution in [0.2, 0.25) is 0 Å². The highest BCUT2D eigenvalue weighted by Crippen LogP contribution is 2.46. The molecule has 168 valence electrons. The molecule has 0 saturated carbocycles. The van der Waals surface area contributed by atoms with E-state index in [0.29, 0.717) is 25.7 Å². The van der Waals surface area contributed by atoms with Crippen molar-refractivity contribution in [2.75, 3.05) is 13.7 Å². The van der Waals surface area contributed by atoms with Crippen molar-refractivity contribution in [3.8, 4) is 5.75 Å². The Kier molecular flexibility index (Phi) is 7.34. The van der Waals surface area contributed by atoms with Gasteiger partial charge < -0.3 is 15.3 Å². The molecule has 6 heteroatoms. The van der Waals surface area contributed by atoms with Gasteiger partial charge in [0.25, 0.3) is 0 Å². The lowest BCUT2D eigenvalue weighted by molar-refractivity contribution is -0.138. The van der Waals surface area contributed by atoms with Gasteiger partial charge in [0.05, 0.1) is 24.5 Å². The van der Waals surface area contributed by atoms with Gasteiger partial charge in [-0.05, 0) is 55.4 Å². The second-order valence-electron chi connectivity index (χ2n) is 8.58. The highest BCUT2D eigenvalue weighted by molar-refractivity contribution is 6.05. The van der Waals surface area contributed by atoms with Gasteiger partial charge in [0.15, 0.2) is 0 Å². The van der Waals surface area contributed by atoms with E-state index in [1.54, 1.807) is 18.2 Å². The fraction of sp³-hybridized carbons (Fsp3) is 0.520. The standard InChI is InChI=1S/C25H33NO5/c1-4-15(11-16-7-6-8-18(28)12-16)9-10-21(29)22-17(5-2)13-19-23(20(22)14-27)25(31)26(3)24(19)30/h6-8,11-12,19-21,23,27-29H,4-5,9-10,13-14H2,1-3H3/b15-11+/t19-,20+,21-,23-/m1/s1. The minimum Gasteiger partial charge on any atom is -0.508 e. The first kappa shape index (κ1) is 23.2. The molecule has 0 unspecified atom stereocenters. The van der Waals surface area contributed by atoms with Crippen LogP contribution in [0.1, 0.15) is 51.5 Å². The third-order valence-corrected chi connectivity index (χ3v) is 6.82. The van der Waals surface area contributed by atoms with Crippen molar-refractivity contribution in [1.82, 2.24) is 4.90 Å². The molecule has 1 aliphatic carbocycles.